The van der Waals surface area contributed by atoms with E-state index in [-0.39, 0.29) is 5.75 Å². The van der Waals surface area contributed by atoms with Gasteiger partial charge in [-0.15, -0.1) is 0 Å². The molecular formula is C20H15FN2O3. The lowest BCUT2D eigenvalue weighted by molar-refractivity contribution is 0.0706. The molecule has 2 aromatic carbocycles. The molecule has 5 nitrogen and oxygen atoms in total. The maximum absolute atomic E-state index is 13.4. The Labute approximate surface area is 149 Å². The van der Waals surface area contributed by atoms with Crippen LogP contribution in [0.25, 0.3) is 23.4 Å². The number of phenols is 1. The third kappa shape index (κ3) is 3.93. The highest BCUT2D eigenvalue weighted by Crippen LogP contribution is 2.28. The zero-order valence-corrected chi connectivity index (χ0v) is 13.6. The SMILES string of the molecule is O=C(NO)c1cccc(/C=C/c2ccnc(-c3cc(F)ccc3O)c2)c1. The summed E-state index contributed by atoms with van der Waals surface area (Å²) in [5.74, 6) is -1.10. The highest BCUT2D eigenvalue weighted by Gasteiger charge is 2.07. The first kappa shape index (κ1) is 17.3. The van der Waals surface area contributed by atoms with Crippen molar-refractivity contribution in [2.45, 2.75) is 0 Å². The van der Waals surface area contributed by atoms with Gasteiger partial charge < -0.3 is 5.11 Å². The molecule has 0 spiro atoms. The van der Waals surface area contributed by atoms with Crippen molar-refractivity contribution in [3.05, 3.63) is 83.3 Å². The Hall–Kier alpha value is -3.51. The molecule has 0 saturated carbocycles. The van der Waals surface area contributed by atoms with E-state index in [2.05, 4.69) is 4.98 Å². The molecule has 6 heteroatoms. The zero-order valence-electron chi connectivity index (χ0n) is 13.6. The highest BCUT2D eigenvalue weighted by atomic mass is 19.1. The number of rotatable bonds is 4. The first-order valence-electron chi connectivity index (χ1n) is 7.74. The van der Waals surface area contributed by atoms with Gasteiger partial charge in [0.25, 0.3) is 5.91 Å². The summed E-state index contributed by atoms with van der Waals surface area (Å²) in [6.07, 6.45) is 5.16. The number of nitrogens with one attached hydrogen (secondary N) is 1. The van der Waals surface area contributed by atoms with Gasteiger partial charge in [0.2, 0.25) is 0 Å². The van der Waals surface area contributed by atoms with Gasteiger partial charge in [0.1, 0.15) is 11.6 Å². The van der Waals surface area contributed by atoms with Crippen molar-refractivity contribution in [3.8, 4) is 17.0 Å². The first-order valence-corrected chi connectivity index (χ1v) is 7.74. The molecule has 0 aliphatic carbocycles. The van der Waals surface area contributed by atoms with Crippen LogP contribution < -0.4 is 5.48 Å². The van der Waals surface area contributed by atoms with Crippen LogP contribution in [0.2, 0.25) is 0 Å². The lowest BCUT2D eigenvalue weighted by Gasteiger charge is -2.05. The molecule has 0 aliphatic heterocycles. The van der Waals surface area contributed by atoms with Gasteiger partial charge in [-0.1, -0.05) is 24.3 Å². The number of benzene rings is 2. The van der Waals surface area contributed by atoms with E-state index in [0.717, 1.165) is 11.1 Å². The maximum atomic E-state index is 13.4. The van der Waals surface area contributed by atoms with Crippen LogP contribution >= 0.6 is 0 Å². The summed E-state index contributed by atoms with van der Waals surface area (Å²) in [7, 11) is 0. The molecular weight excluding hydrogens is 335 g/mol. The predicted molar refractivity (Wildman–Crippen MR) is 95.9 cm³/mol. The number of hydrogen-bond acceptors (Lipinski definition) is 4. The smallest absolute Gasteiger partial charge is 0.274 e. The van der Waals surface area contributed by atoms with Crippen molar-refractivity contribution in [1.82, 2.24) is 10.5 Å². The molecule has 0 radical (unpaired) electrons. The Kier molecular flexibility index (Phi) is 5.05. The van der Waals surface area contributed by atoms with Gasteiger partial charge in [-0.25, -0.2) is 9.87 Å². The van der Waals surface area contributed by atoms with Gasteiger partial charge in [0, 0.05) is 17.3 Å². The van der Waals surface area contributed by atoms with E-state index < -0.39 is 11.7 Å². The van der Waals surface area contributed by atoms with Crippen LogP contribution in [0.15, 0.2) is 60.8 Å². The molecule has 3 aromatic rings. The maximum Gasteiger partial charge on any atom is 0.274 e. The van der Waals surface area contributed by atoms with Crippen LogP contribution in [-0.4, -0.2) is 21.2 Å². The van der Waals surface area contributed by atoms with Crippen LogP contribution in [0.5, 0.6) is 5.75 Å². The van der Waals surface area contributed by atoms with E-state index in [0.29, 0.717) is 16.8 Å². The second-order valence-electron chi connectivity index (χ2n) is 5.54. The zero-order chi connectivity index (χ0) is 18.5. The van der Waals surface area contributed by atoms with E-state index >= 15 is 0 Å². The summed E-state index contributed by atoms with van der Waals surface area (Å²) >= 11 is 0. The number of amides is 1. The average Bonchev–Trinajstić information content (AvgIpc) is 2.68. The molecule has 0 saturated heterocycles. The van der Waals surface area contributed by atoms with Crippen LogP contribution in [0.4, 0.5) is 4.39 Å². The largest absolute Gasteiger partial charge is 0.507 e. The van der Waals surface area contributed by atoms with E-state index in [1.807, 2.05) is 6.07 Å². The Morgan fingerprint density at radius 3 is 2.58 bits per heavy atom. The first-order chi connectivity index (χ1) is 12.6. The van der Waals surface area contributed by atoms with E-state index in [4.69, 9.17) is 5.21 Å². The normalized spacial score (nSPS) is 10.8. The number of carbonyl (C=O) groups is 1. The lowest BCUT2D eigenvalue weighted by atomic mass is 10.1. The topological polar surface area (TPSA) is 82.5 Å². The number of pyridine rings is 1. The van der Waals surface area contributed by atoms with Crippen molar-refractivity contribution in [3.63, 3.8) is 0 Å². The van der Waals surface area contributed by atoms with Gasteiger partial charge in [-0.2, -0.15) is 0 Å². The number of hydrogen-bond donors (Lipinski definition) is 3. The summed E-state index contributed by atoms with van der Waals surface area (Å²) in [5.41, 5.74) is 4.22. The summed E-state index contributed by atoms with van der Waals surface area (Å²) < 4.78 is 13.4. The fourth-order valence-corrected chi connectivity index (χ4v) is 2.45. The number of nitrogens with zero attached hydrogens (tertiary/aromatic N) is 1. The third-order valence-electron chi connectivity index (χ3n) is 3.74. The number of carbonyl (C=O) groups excluding carboxylic acids is 1. The summed E-state index contributed by atoms with van der Waals surface area (Å²) in [6, 6.07) is 13.9. The van der Waals surface area contributed by atoms with Crippen LogP contribution in [0.3, 0.4) is 0 Å². The molecule has 1 heterocycles. The molecule has 0 bridgehead atoms. The molecule has 26 heavy (non-hydrogen) atoms. The van der Waals surface area contributed by atoms with Crippen LogP contribution in [-0.2, 0) is 0 Å². The number of halogens is 1. The second kappa shape index (κ2) is 7.58. The van der Waals surface area contributed by atoms with Gasteiger partial charge in [-0.3, -0.25) is 15.0 Å². The minimum Gasteiger partial charge on any atom is -0.507 e. The fourth-order valence-electron chi connectivity index (χ4n) is 2.45. The highest BCUT2D eigenvalue weighted by molar-refractivity contribution is 5.94. The molecule has 0 unspecified atom stereocenters. The molecule has 0 fully saturated rings. The van der Waals surface area contributed by atoms with E-state index in [1.54, 1.807) is 54.2 Å². The number of aromatic nitrogens is 1. The summed E-state index contributed by atoms with van der Waals surface area (Å²) in [6.45, 7) is 0. The fraction of sp³-hybridized carbons (Fsp3) is 0. The van der Waals surface area contributed by atoms with E-state index in [1.165, 1.54) is 18.2 Å². The minimum absolute atomic E-state index is 0.0530. The molecule has 1 aromatic heterocycles. The molecule has 3 N–H and O–H groups in total. The second-order valence-corrected chi connectivity index (χ2v) is 5.54. The minimum atomic E-state index is -0.590. The Bertz CT molecular complexity index is 986. The molecule has 0 aliphatic rings. The Morgan fingerprint density at radius 1 is 1.04 bits per heavy atom. The summed E-state index contributed by atoms with van der Waals surface area (Å²) in [4.78, 5) is 15.6. The van der Waals surface area contributed by atoms with Crippen molar-refractivity contribution >= 4 is 18.1 Å². The van der Waals surface area contributed by atoms with Crippen molar-refractivity contribution in [2.24, 2.45) is 0 Å². The molecule has 130 valence electrons. The monoisotopic (exact) mass is 350 g/mol. The lowest BCUT2D eigenvalue weighted by Crippen LogP contribution is -2.18. The Morgan fingerprint density at radius 2 is 1.81 bits per heavy atom. The molecule has 1 amide bonds. The Balaban J connectivity index is 1.88. The standard InChI is InChI=1S/C20H15FN2O3/c21-16-6-7-19(24)17(12-16)18-11-14(8-9-22-18)5-4-13-2-1-3-15(10-13)20(25)23-26/h1-12,24,26H,(H,23,25)/b5-4+. The van der Waals surface area contributed by atoms with Crippen molar-refractivity contribution < 1.29 is 19.5 Å². The van der Waals surface area contributed by atoms with Crippen molar-refractivity contribution in [1.29, 1.82) is 0 Å². The predicted octanol–water partition coefficient (Wildman–Crippen LogP) is 3.88. The van der Waals surface area contributed by atoms with Crippen LogP contribution in [0.1, 0.15) is 21.5 Å². The van der Waals surface area contributed by atoms with Crippen LogP contribution in [0, 0.1) is 5.82 Å². The quantitative estimate of drug-likeness (QED) is 0.493. The van der Waals surface area contributed by atoms with E-state index in [9.17, 15) is 14.3 Å². The number of hydroxylamine groups is 1. The van der Waals surface area contributed by atoms with Gasteiger partial charge in [0.15, 0.2) is 0 Å². The van der Waals surface area contributed by atoms with Crippen molar-refractivity contribution in [2.75, 3.05) is 0 Å². The number of aromatic hydroxyl groups is 1. The van der Waals surface area contributed by atoms with Gasteiger partial charge in [-0.05, 0) is 53.6 Å². The average molecular weight is 350 g/mol. The molecule has 0 atom stereocenters. The third-order valence-corrected chi connectivity index (χ3v) is 3.74. The van der Waals surface area contributed by atoms with Gasteiger partial charge in [0.05, 0.1) is 5.69 Å². The molecule has 3 rings (SSSR count). The van der Waals surface area contributed by atoms with Gasteiger partial charge >= 0.3 is 0 Å². The number of phenolic OH excluding ortho intramolecular Hbond substituents is 1. The summed E-state index contributed by atoms with van der Waals surface area (Å²) in [5, 5.41) is 18.6.